The van der Waals surface area contributed by atoms with Crippen LogP contribution in [0.1, 0.15) is 23.2 Å². The van der Waals surface area contributed by atoms with Gasteiger partial charge in [-0.1, -0.05) is 0 Å². The van der Waals surface area contributed by atoms with E-state index in [0.717, 1.165) is 12.8 Å². The molecule has 1 amide bonds. The quantitative estimate of drug-likeness (QED) is 0.651. The molecule has 0 atom stereocenters. The highest BCUT2D eigenvalue weighted by Crippen LogP contribution is 2.24. The van der Waals surface area contributed by atoms with E-state index in [-0.39, 0.29) is 19.1 Å². The number of rotatable bonds is 5. The molecule has 1 aliphatic carbocycles. The summed E-state index contributed by atoms with van der Waals surface area (Å²) in [4.78, 5) is 11.8. The minimum Gasteiger partial charge on any atom is -0.489 e. The number of anilines is 1. The number of nitrogen functional groups attached to an aromatic ring is 1. The Morgan fingerprint density at radius 3 is 2.94 bits per heavy atom. The van der Waals surface area contributed by atoms with E-state index in [1.165, 1.54) is 0 Å². The average Bonchev–Trinajstić information content (AvgIpc) is 3.11. The largest absolute Gasteiger partial charge is 0.489 e. The molecule has 2 rings (SSSR count). The summed E-state index contributed by atoms with van der Waals surface area (Å²) < 4.78 is 5.24. The van der Waals surface area contributed by atoms with Gasteiger partial charge in [0.05, 0.1) is 12.3 Å². The maximum atomic E-state index is 11.8. The zero-order valence-electron chi connectivity index (χ0n) is 9.48. The molecule has 5 heteroatoms. The van der Waals surface area contributed by atoms with Crippen LogP contribution in [0.3, 0.4) is 0 Å². The third-order valence-electron chi connectivity index (χ3n) is 2.54. The molecule has 0 heterocycles. The van der Waals surface area contributed by atoms with Crippen molar-refractivity contribution in [1.29, 1.82) is 0 Å². The van der Waals surface area contributed by atoms with Crippen molar-refractivity contribution in [1.82, 2.24) is 5.32 Å². The number of carbonyl (C=O) groups is 1. The smallest absolute Gasteiger partial charge is 0.251 e. The molecule has 4 N–H and O–H groups in total. The van der Waals surface area contributed by atoms with E-state index in [1.807, 2.05) is 0 Å². The number of aliphatic hydroxyl groups excluding tert-OH is 1. The Labute approximate surface area is 99.6 Å². The molecule has 0 unspecified atom stereocenters. The molecule has 0 aromatic heterocycles. The molecular formula is C12H16N2O3. The molecule has 1 aromatic carbocycles. The van der Waals surface area contributed by atoms with E-state index in [2.05, 4.69) is 5.32 Å². The lowest BCUT2D eigenvalue weighted by Crippen LogP contribution is -2.25. The van der Waals surface area contributed by atoms with Crippen LogP contribution in [0, 0.1) is 0 Å². The van der Waals surface area contributed by atoms with Crippen LogP contribution >= 0.6 is 0 Å². The van der Waals surface area contributed by atoms with E-state index in [9.17, 15) is 4.79 Å². The zero-order valence-corrected chi connectivity index (χ0v) is 9.48. The number of hydrogen-bond acceptors (Lipinski definition) is 4. The molecule has 92 valence electrons. The second kappa shape index (κ2) is 5.05. The number of ether oxygens (including phenoxy) is 1. The van der Waals surface area contributed by atoms with Gasteiger partial charge in [0.2, 0.25) is 0 Å². The Kier molecular flexibility index (Phi) is 3.49. The van der Waals surface area contributed by atoms with Crippen LogP contribution in [0.2, 0.25) is 0 Å². The lowest BCUT2D eigenvalue weighted by atomic mass is 10.2. The first-order valence-corrected chi connectivity index (χ1v) is 5.65. The monoisotopic (exact) mass is 236 g/mol. The van der Waals surface area contributed by atoms with Gasteiger partial charge in [0.25, 0.3) is 5.91 Å². The van der Waals surface area contributed by atoms with Crippen molar-refractivity contribution in [3.05, 3.63) is 23.8 Å². The molecule has 1 saturated carbocycles. The van der Waals surface area contributed by atoms with E-state index >= 15 is 0 Å². The second-order valence-corrected chi connectivity index (χ2v) is 4.07. The van der Waals surface area contributed by atoms with Gasteiger partial charge in [-0.15, -0.1) is 0 Å². The fraction of sp³-hybridized carbons (Fsp3) is 0.417. The number of amides is 1. The fourth-order valence-electron chi connectivity index (χ4n) is 1.45. The number of carbonyl (C=O) groups excluding carboxylic acids is 1. The Morgan fingerprint density at radius 1 is 1.53 bits per heavy atom. The summed E-state index contributed by atoms with van der Waals surface area (Å²) >= 11 is 0. The number of nitrogens with one attached hydrogen (secondary N) is 1. The molecule has 1 aliphatic rings. The standard InChI is InChI=1S/C12H16N2O3/c13-10-4-1-8(7-11(10)17-6-5-15)12(16)14-9-2-3-9/h1,4,7,9,15H,2-3,5-6,13H2,(H,14,16). The van der Waals surface area contributed by atoms with Crippen LogP contribution in [0.5, 0.6) is 5.75 Å². The van der Waals surface area contributed by atoms with Gasteiger partial charge in [0.1, 0.15) is 12.4 Å². The predicted molar refractivity (Wildman–Crippen MR) is 63.9 cm³/mol. The predicted octanol–water partition coefficient (Wildman–Crippen LogP) is 0.532. The van der Waals surface area contributed by atoms with Gasteiger partial charge in [-0.3, -0.25) is 4.79 Å². The van der Waals surface area contributed by atoms with Crippen molar-refractivity contribution in [3.63, 3.8) is 0 Å². The Morgan fingerprint density at radius 2 is 2.29 bits per heavy atom. The molecular weight excluding hydrogens is 220 g/mol. The Balaban J connectivity index is 2.08. The molecule has 17 heavy (non-hydrogen) atoms. The highest BCUT2D eigenvalue weighted by molar-refractivity contribution is 5.95. The summed E-state index contributed by atoms with van der Waals surface area (Å²) in [6.45, 7) is 0.0792. The minimum absolute atomic E-state index is 0.0854. The topological polar surface area (TPSA) is 84.6 Å². The van der Waals surface area contributed by atoms with Crippen molar-refractivity contribution in [2.45, 2.75) is 18.9 Å². The summed E-state index contributed by atoms with van der Waals surface area (Å²) in [5, 5.41) is 11.6. The third-order valence-corrected chi connectivity index (χ3v) is 2.54. The SMILES string of the molecule is Nc1ccc(C(=O)NC2CC2)cc1OCCO. The lowest BCUT2D eigenvalue weighted by Gasteiger charge is -2.09. The maximum Gasteiger partial charge on any atom is 0.251 e. The van der Waals surface area contributed by atoms with Crippen LogP contribution in [0.25, 0.3) is 0 Å². The van der Waals surface area contributed by atoms with Gasteiger partial charge in [-0.05, 0) is 31.0 Å². The molecule has 0 spiro atoms. The van der Waals surface area contributed by atoms with Crippen LogP contribution < -0.4 is 15.8 Å². The summed E-state index contributed by atoms with van der Waals surface area (Å²) in [7, 11) is 0. The first-order valence-electron chi connectivity index (χ1n) is 5.65. The first kappa shape index (κ1) is 11.7. The van der Waals surface area contributed by atoms with Crippen molar-refractivity contribution in [2.24, 2.45) is 0 Å². The molecule has 0 bridgehead atoms. The fourth-order valence-corrected chi connectivity index (χ4v) is 1.45. The van der Waals surface area contributed by atoms with Crippen molar-refractivity contribution in [3.8, 4) is 5.75 Å². The summed E-state index contributed by atoms with van der Waals surface area (Å²) in [6.07, 6.45) is 2.10. The van der Waals surface area contributed by atoms with Crippen LogP contribution in [0.15, 0.2) is 18.2 Å². The highest BCUT2D eigenvalue weighted by Gasteiger charge is 2.24. The van der Waals surface area contributed by atoms with E-state index in [4.69, 9.17) is 15.6 Å². The zero-order chi connectivity index (χ0) is 12.3. The van der Waals surface area contributed by atoms with Gasteiger partial charge in [-0.25, -0.2) is 0 Å². The second-order valence-electron chi connectivity index (χ2n) is 4.07. The lowest BCUT2D eigenvalue weighted by molar-refractivity contribution is 0.0950. The molecule has 0 saturated heterocycles. The number of aliphatic hydroxyl groups is 1. The van der Waals surface area contributed by atoms with Crippen molar-refractivity contribution in [2.75, 3.05) is 18.9 Å². The van der Waals surface area contributed by atoms with E-state index < -0.39 is 0 Å². The Hall–Kier alpha value is -1.75. The van der Waals surface area contributed by atoms with Crippen molar-refractivity contribution < 1.29 is 14.6 Å². The minimum atomic E-state index is -0.110. The molecule has 0 radical (unpaired) electrons. The molecule has 1 aromatic rings. The molecule has 0 aliphatic heterocycles. The average molecular weight is 236 g/mol. The maximum absolute atomic E-state index is 11.8. The van der Waals surface area contributed by atoms with Gasteiger partial charge < -0.3 is 20.9 Å². The van der Waals surface area contributed by atoms with Gasteiger partial charge >= 0.3 is 0 Å². The van der Waals surface area contributed by atoms with Gasteiger partial charge in [0.15, 0.2) is 0 Å². The van der Waals surface area contributed by atoms with Crippen LogP contribution in [-0.4, -0.2) is 30.3 Å². The van der Waals surface area contributed by atoms with E-state index in [0.29, 0.717) is 23.0 Å². The molecule has 5 nitrogen and oxygen atoms in total. The van der Waals surface area contributed by atoms with Crippen molar-refractivity contribution >= 4 is 11.6 Å². The number of benzene rings is 1. The number of nitrogens with two attached hydrogens (primary N) is 1. The highest BCUT2D eigenvalue weighted by atomic mass is 16.5. The van der Waals surface area contributed by atoms with E-state index in [1.54, 1.807) is 18.2 Å². The summed E-state index contributed by atoms with van der Waals surface area (Å²) in [5.74, 6) is 0.323. The summed E-state index contributed by atoms with van der Waals surface area (Å²) in [5.41, 5.74) is 6.69. The number of hydrogen-bond donors (Lipinski definition) is 3. The van der Waals surface area contributed by atoms with Crippen LogP contribution in [-0.2, 0) is 0 Å². The summed E-state index contributed by atoms with van der Waals surface area (Å²) in [6, 6.07) is 5.22. The van der Waals surface area contributed by atoms with Gasteiger partial charge in [-0.2, -0.15) is 0 Å². The normalized spacial score (nSPS) is 14.4. The van der Waals surface area contributed by atoms with Gasteiger partial charge in [0, 0.05) is 11.6 Å². The Bertz CT molecular complexity index is 416. The van der Waals surface area contributed by atoms with Crippen LogP contribution in [0.4, 0.5) is 5.69 Å². The third kappa shape index (κ3) is 3.10. The first-order chi connectivity index (χ1) is 8.20. The molecule has 1 fully saturated rings.